The summed E-state index contributed by atoms with van der Waals surface area (Å²) in [5, 5.41) is 0.553. The smallest absolute Gasteiger partial charge is 0.399 e. The largest absolute Gasteiger partial charge is 0.496 e. The van der Waals surface area contributed by atoms with Gasteiger partial charge in [0, 0.05) is 11.7 Å². The Morgan fingerprint density at radius 1 is 1.24 bits per heavy atom. The van der Waals surface area contributed by atoms with Gasteiger partial charge in [-0.15, -0.1) is 0 Å². The first-order valence-electron chi connectivity index (χ1n) is 5.39. The molecule has 3 nitrogen and oxygen atoms in total. The van der Waals surface area contributed by atoms with Crippen LogP contribution in [0.15, 0.2) is 16.9 Å². The molecule has 1 fully saturated rings. The van der Waals surface area contributed by atoms with Crippen LogP contribution in [0.25, 0.3) is 0 Å². The van der Waals surface area contributed by atoms with Gasteiger partial charge in [-0.3, -0.25) is 0 Å². The third-order valence-corrected chi connectivity index (χ3v) is 4.49. The maximum atomic E-state index is 6.01. The van der Waals surface area contributed by atoms with E-state index in [1.54, 1.807) is 12.3 Å². The van der Waals surface area contributed by atoms with Crippen LogP contribution in [0, 0.1) is 0 Å². The summed E-state index contributed by atoms with van der Waals surface area (Å²) in [6.45, 7) is 8.06. The predicted octanol–water partition coefficient (Wildman–Crippen LogP) is 2.80. The maximum Gasteiger partial charge on any atom is 0.496 e. The van der Waals surface area contributed by atoms with E-state index in [4.69, 9.17) is 20.9 Å². The summed E-state index contributed by atoms with van der Waals surface area (Å²) in [5.74, 6) is 0. The van der Waals surface area contributed by atoms with E-state index >= 15 is 0 Å². The molecular formula is C11H14BBrClNO2. The topological polar surface area (TPSA) is 31.4 Å². The molecule has 0 amide bonds. The van der Waals surface area contributed by atoms with Crippen LogP contribution in [0.2, 0.25) is 5.02 Å². The summed E-state index contributed by atoms with van der Waals surface area (Å²) in [7, 11) is -0.418. The van der Waals surface area contributed by atoms with Crippen molar-refractivity contribution in [1.29, 1.82) is 0 Å². The first-order valence-corrected chi connectivity index (χ1v) is 6.57. The standard InChI is InChI=1S/C11H14BBrClNO2/c1-10(2)11(3,4)17-12(16-10)7-5-8(14)9(13)15-6-7/h5-6H,1-4H3. The SMILES string of the molecule is CC1(C)OB(c2cnc(Br)c(Cl)c2)OC1(C)C. The van der Waals surface area contributed by atoms with Crippen molar-refractivity contribution in [2.24, 2.45) is 0 Å². The average molecular weight is 318 g/mol. The molecule has 0 unspecified atom stereocenters. The third kappa shape index (κ3) is 2.39. The molecule has 6 heteroatoms. The van der Waals surface area contributed by atoms with Gasteiger partial charge in [0.2, 0.25) is 0 Å². The second-order valence-corrected chi connectivity index (χ2v) is 6.29. The van der Waals surface area contributed by atoms with Crippen LogP contribution in [-0.4, -0.2) is 23.3 Å². The number of nitrogens with zero attached hydrogens (tertiary/aromatic N) is 1. The highest BCUT2D eigenvalue weighted by Crippen LogP contribution is 2.36. The molecule has 0 spiro atoms. The molecule has 1 aromatic rings. The number of rotatable bonds is 1. The zero-order valence-electron chi connectivity index (χ0n) is 10.3. The van der Waals surface area contributed by atoms with Crippen molar-refractivity contribution in [3.05, 3.63) is 21.9 Å². The van der Waals surface area contributed by atoms with Crippen molar-refractivity contribution in [3.8, 4) is 0 Å². The van der Waals surface area contributed by atoms with Crippen LogP contribution in [0.3, 0.4) is 0 Å². The summed E-state index contributed by atoms with van der Waals surface area (Å²) in [5.41, 5.74) is 0.130. The Balaban J connectivity index is 2.29. The molecule has 17 heavy (non-hydrogen) atoms. The Labute approximate surface area is 115 Å². The molecule has 0 N–H and O–H groups in total. The highest BCUT2D eigenvalue weighted by atomic mass is 79.9. The van der Waals surface area contributed by atoms with Crippen molar-refractivity contribution < 1.29 is 9.31 Å². The quantitative estimate of drug-likeness (QED) is 0.589. The summed E-state index contributed by atoms with van der Waals surface area (Å²) in [6, 6.07) is 1.81. The van der Waals surface area contributed by atoms with Crippen LogP contribution in [0.1, 0.15) is 27.7 Å². The first-order chi connectivity index (χ1) is 7.73. The molecular weight excluding hydrogens is 304 g/mol. The van der Waals surface area contributed by atoms with Crippen molar-refractivity contribution >= 4 is 40.1 Å². The van der Waals surface area contributed by atoms with Gasteiger partial charge >= 0.3 is 7.12 Å². The van der Waals surface area contributed by atoms with E-state index in [-0.39, 0.29) is 11.2 Å². The molecule has 1 saturated heterocycles. The average Bonchev–Trinajstić information content (AvgIpc) is 2.41. The van der Waals surface area contributed by atoms with Gasteiger partial charge in [-0.2, -0.15) is 0 Å². The molecule has 0 aliphatic carbocycles. The van der Waals surface area contributed by atoms with E-state index < -0.39 is 7.12 Å². The zero-order chi connectivity index (χ0) is 12.8. The molecule has 0 aromatic carbocycles. The lowest BCUT2D eigenvalue weighted by molar-refractivity contribution is 0.00578. The molecule has 0 atom stereocenters. The monoisotopic (exact) mass is 317 g/mol. The summed E-state index contributed by atoms with van der Waals surface area (Å²) in [4.78, 5) is 4.14. The Morgan fingerprint density at radius 3 is 2.24 bits per heavy atom. The molecule has 92 valence electrons. The molecule has 2 heterocycles. The molecule has 1 aliphatic heterocycles. The van der Waals surface area contributed by atoms with E-state index in [1.807, 2.05) is 27.7 Å². The molecule has 1 aromatic heterocycles. The highest BCUT2D eigenvalue weighted by Gasteiger charge is 2.51. The second-order valence-electron chi connectivity index (χ2n) is 5.13. The van der Waals surface area contributed by atoms with Gasteiger partial charge in [-0.1, -0.05) is 11.6 Å². The van der Waals surface area contributed by atoms with Crippen molar-refractivity contribution in [1.82, 2.24) is 4.98 Å². The van der Waals surface area contributed by atoms with Crippen LogP contribution < -0.4 is 5.46 Å². The van der Waals surface area contributed by atoms with Gasteiger partial charge in [0.15, 0.2) is 0 Å². The van der Waals surface area contributed by atoms with Crippen molar-refractivity contribution in [2.75, 3.05) is 0 Å². The minimum atomic E-state index is -0.418. The molecule has 0 bridgehead atoms. The van der Waals surface area contributed by atoms with Gasteiger partial charge in [-0.05, 0) is 49.7 Å². The van der Waals surface area contributed by atoms with E-state index in [0.29, 0.717) is 9.63 Å². The fourth-order valence-corrected chi connectivity index (χ4v) is 1.94. The lowest BCUT2D eigenvalue weighted by Crippen LogP contribution is -2.41. The fraction of sp³-hybridized carbons (Fsp3) is 0.545. The Kier molecular flexibility index (Phi) is 3.32. The maximum absolute atomic E-state index is 6.01. The fourth-order valence-electron chi connectivity index (χ4n) is 1.54. The number of halogens is 2. The molecule has 2 rings (SSSR count). The first kappa shape index (κ1) is 13.3. The predicted molar refractivity (Wildman–Crippen MR) is 72.7 cm³/mol. The number of aromatic nitrogens is 1. The van der Waals surface area contributed by atoms with E-state index in [2.05, 4.69) is 20.9 Å². The second kappa shape index (κ2) is 4.23. The zero-order valence-corrected chi connectivity index (χ0v) is 12.6. The number of pyridine rings is 1. The third-order valence-electron chi connectivity index (χ3n) is 3.34. The van der Waals surface area contributed by atoms with Crippen LogP contribution in [0.4, 0.5) is 0 Å². The molecule has 0 saturated carbocycles. The number of hydrogen-bond donors (Lipinski definition) is 0. The summed E-state index contributed by atoms with van der Waals surface area (Å²) in [6.07, 6.45) is 1.71. The van der Waals surface area contributed by atoms with Gasteiger partial charge in [0.25, 0.3) is 0 Å². The van der Waals surface area contributed by atoms with E-state index in [0.717, 1.165) is 5.46 Å². The van der Waals surface area contributed by atoms with Gasteiger partial charge in [0.05, 0.1) is 16.2 Å². The molecule has 1 aliphatic rings. The van der Waals surface area contributed by atoms with Crippen LogP contribution in [0.5, 0.6) is 0 Å². The van der Waals surface area contributed by atoms with E-state index in [9.17, 15) is 0 Å². The van der Waals surface area contributed by atoms with Crippen molar-refractivity contribution in [2.45, 2.75) is 38.9 Å². The summed E-state index contributed by atoms with van der Waals surface area (Å²) >= 11 is 9.27. The normalized spacial score (nSPS) is 21.9. The Bertz CT molecular complexity index is 437. The van der Waals surface area contributed by atoms with E-state index in [1.165, 1.54) is 0 Å². The lowest BCUT2D eigenvalue weighted by Gasteiger charge is -2.32. The number of hydrogen-bond acceptors (Lipinski definition) is 3. The highest BCUT2D eigenvalue weighted by molar-refractivity contribution is 9.10. The van der Waals surface area contributed by atoms with Gasteiger partial charge < -0.3 is 9.31 Å². The minimum absolute atomic E-state index is 0.350. The van der Waals surface area contributed by atoms with Crippen LogP contribution in [-0.2, 0) is 9.31 Å². The van der Waals surface area contributed by atoms with Gasteiger partial charge in [-0.25, -0.2) is 4.98 Å². The van der Waals surface area contributed by atoms with Crippen LogP contribution >= 0.6 is 27.5 Å². The Morgan fingerprint density at radius 2 is 1.76 bits per heavy atom. The molecule has 0 radical (unpaired) electrons. The van der Waals surface area contributed by atoms with Gasteiger partial charge in [0.1, 0.15) is 4.60 Å². The van der Waals surface area contributed by atoms with Crippen molar-refractivity contribution in [3.63, 3.8) is 0 Å². The lowest BCUT2D eigenvalue weighted by atomic mass is 9.80. The minimum Gasteiger partial charge on any atom is -0.399 e. The summed E-state index contributed by atoms with van der Waals surface area (Å²) < 4.78 is 12.4. The Hall–Kier alpha value is -0.0951.